The summed E-state index contributed by atoms with van der Waals surface area (Å²) in [5.74, 6) is -1.73. The van der Waals surface area contributed by atoms with Crippen molar-refractivity contribution in [2.75, 3.05) is 0 Å². The third-order valence-corrected chi connectivity index (χ3v) is 6.72. The lowest BCUT2D eigenvalue weighted by Crippen LogP contribution is -2.26. The van der Waals surface area contributed by atoms with Crippen molar-refractivity contribution in [3.63, 3.8) is 0 Å². The predicted octanol–water partition coefficient (Wildman–Crippen LogP) is 6.71. The van der Waals surface area contributed by atoms with Crippen LogP contribution in [0.4, 0.5) is 14.5 Å². The summed E-state index contributed by atoms with van der Waals surface area (Å²) in [6, 6.07) is 8.39. The molecule has 4 aromatic rings. The smallest absolute Gasteiger partial charge is 0.269 e. The normalized spacial score (nSPS) is 16.2. The molecule has 0 unspecified atom stereocenters. The van der Waals surface area contributed by atoms with Crippen molar-refractivity contribution in [2.24, 2.45) is 5.92 Å². The molecule has 0 aliphatic heterocycles. The predicted molar refractivity (Wildman–Crippen MR) is 124 cm³/mol. The van der Waals surface area contributed by atoms with Gasteiger partial charge in [-0.3, -0.25) is 15.1 Å². The molecule has 3 aromatic heterocycles. The molecule has 7 nitrogen and oxygen atoms in total. The summed E-state index contributed by atoms with van der Waals surface area (Å²) in [5, 5.41) is 15.1. The van der Waals surface area contributed by atoms with Gasteiger partial charge in [-0.15, -0.1) is 0 Å². The fraction of sp³-hybridized carbons (Fsp3) is 0.360. The van der Waals surface area contributed by atoms with Gasteiger partial charge in [0.2, 0.25) is 5.92 Å². The Morgan fingerprint density at radius 1 is 1.18 bits per heavy atom. The van der Waals surface area contributed by atoms with E-state index in [1.54, 1.807) is 18.3 Å². The van der Waals surface area contributed by atoms with Gasteiger partial charge in [-0.25, -0.2) is 8.78 Å². The largest absolute Gasteiger partial charge is 0.361 e. The maximum Gasteiger partial charge on any atom is 0.269 e. The number of non-ortho nitro benzene ring substituents is 1. The van der Waals surface area contributed by atoms with Crippen molar-refractivity contribution in [1.82, 2.24) is 14.7 Å². The molecule has 9 heteroatoms. The molecule has 0 N–H and O–H groups in total. The van der Waals surface area contributed by atoms with Crippen LogP contribution in [0.1, 0.15) is 37.1 Å². The summed E-state index contributed by atoms with van der Waals surface area (Å²) in [5.41, 5.74) is 5.82. The van der Waals surface area contributed by atoms with Gasteiger partial charge in [-0.1, -0.05) is 5.16 Å². The Labute approximate surface area is 194 Å². The van der Waals surface area contributed by atoms with Gasteiger partial charge >= 0.3 is 0 Å². The van der Waals surface area contributed by atoms with Crippen LogP contribution < -0.4 is 0 Å². The number of alkyl halides is 2. The van der Waals surface area contributed by atoms with Gasteiger partial charge in [-0.2, -0.15) is 0 Å². The molecule has 0 spiro atoms. The molecule has 0 atom stereocenters. The quantitative estimate of drug-likeness (QED) is 0.241. The topological polar surface area (TPSA) is 87.0 Å². The van der Waals surface area contributed by atoms with Crippen LogP contribution in [0.15, 0.2) is 47.2 Å². The van der Waals surface area contributed by atoms with Crippen molar-refractivity contribution in [2.45, 2.75) is 52.0 Å². The van der Waals surface area contributed by atoms with Crippen LogP contribution in [0, 0.1) is 29.9 Å². The Balaban J connectivity index is 1.59. The highest BCUT2D eigenvalue weighted by Gasteiger charge is 2.35. The second kappa shape index (κ2) is 8.30. The monoisotopic (exact) mass is 466 g/mol. The number of nitrogens with zero attached hydrogens (tertiary/aromatic N) is 4. The number of hydrogen-bond donors (Lipinski definition) is 0. The zero-order valence-corrected chi connectivity index (χ0v) is 18.9. The van der Waals surface area contributed by atoms with Crippen LogP contribution >= 0.6 is 0 Å². The summed E-state index contributed by atoms with van der Waals surface area (Å²) < 4.78 is 34.8. The fourth-order valence-electron chi connectivity index (χ4n) is 4.88. The number of aromatic nitrogens is 3. The average molecular weight is 466 g/mol. The number of halogens is 2. The molecule has 1 aromatic carbocycles. The standard InChI is InChI=1S/C25H24F2N4O3/c1-15-23(16(2)34-29-15)19-11-22-24(28-12-19)21(18-3-5-20(6-4-18)31(32)33)14-30(22)13-17-7-9-25(26,27)10-8-17/h3-6,11-12,14,17H,7-10,13H2,1-2H3. The van der Waals surface area contributed by atoms with E-state index in [9.17, 15) is 18.9 Å². The first kappa shape index (κ1) is 22.2. The third kappa shape index (κ3) is 4.06. The number of rotatable bonds is 5. The first-order valence-corrected chi connectivity index (χ1v) is 11.3. The van der Waals surface area contributed by atoms with E-state index in [0.29, 0.717) is 25.1 Å². The molecular formula is C25H24F2N4O3. The lowest BCUT2D eigenvalue weighted by molar-refractivity contribution is -0.384. The number of benzene rings is 1. The molecule has 176 valence electrons. The summed E-state index contributed by atoms with van der Waals surface area (Å²) in [7, 11) is 0. The van der Waals surface area contributed by atoms with Crippen LogP contribution in [0.2, 0.25) is 0 Å². The summed E-state index contributed by atoms with van der Waals surface area (Å²) in [6.07, 6.45) is 4.51. The first-order valence-electron chi connectivity index (χ1n) is 11.3. The zero-order valence-electron chi connectivity index (χ0n) is 18.9. The van der Waals surface area contributed by atoms with Crippen LogP contribution in [0.25, 0.3) is 33.3 Å². The zero-order chi connectivity index (χ0) is 24.0. The number of fused-ring (bicyclic) bond motifs is 1. The molecule has 1 saturated carbocycles. The van der Waals surface area contributed by atoms with Gasteiger partial charge < -0.3 is 9.09 Å². The van der Waals surface area contributed by atoms with Crippen LogP contribution in [0.3, 0.4) is 0 Å². The van der Waals surface area contributed by atoms with Gasteiger partial charge in [-0.05, 0) is 56.4 Å². The van der Waals surface area contributed by atoms with E-state index in [1.807, 2.05) is 26.1 Å². The van der Waals surface area contributed by atoms with Crippen molar-refractivity contribution >= 4 is 16.7 Å². The second-order valence-corrected chi connectivity index (χ2v) is 9.09. The van der Waals surface area contributed by atoms with Gasteiger partial charge in [0.05, 0.1) is 21.7 Å². The van der Waals surface area contributed by atoms with E-state index in [4.69, 9.17) is 9.51 Å². The van der Waals surface area contributed by atoms with E-state index in [2.05, 4.69) is 9.72 Å². The van der Waals surface area contributed by atoms with Gasteiger partial charge in [0.25, 0.3) is 5.69 Å². The van der Waals surface area contributed by atoms with Crippen molar-refractivity contribution in [3.05, 3.63) is 64.3 Å². The van der Waals surface area contributed by atoms with Crippen molar-refractivity contribution in [3.8, 4) is 22.3 Å². The molecule has 1 aliphatic carbocycles. The van der Waals surface area contributed by atoms with E-state index < -0.39 is 10.8 Å². The number of aryl methyl sites for hydroxylation is 2. The molecule has 1 aliphatic rings. The minimum Gasteiger partial charge on any atom is -0.361 e. The molecule has 0 saturated heterocycles. The molecule has 0 bridgehead atoms. The minimum absolute atomic E-state index is 0.0178. The molecule has 34 heavy (non-hydrogen) atoms. The van der Waals surface area contributed by atoms with E-state index in [0.717, 1.165) is 39.0 Å². The number of nitro benzene ring substituents is 1. The van der Waals surface area contributed by atoms with Gasteiger partial charge in [0, 0.05) is 60.6 Å². The van der Waals surface area contributed by atoms with Crippen molar-refractivity contribution < 1.29 is 18.2 Å². The van der Waals surface area contributed by atoms with E-state index in [-0.39, 0.29) is 24.4 Å². The minimum atomic E-state index is -2.57. The Bertz CT molecular complexity index is 1350. The highest BCUT2D eigenvalue weighted by Crippen LogP contribution is 2.39. The van der Waals surface area contributed by atoms with Gasteiger partial charge in [0.15, 0.2) is 0 Å². The lowest BCUT2D eigenvalue weighted by atomic mass is 9.87. The molecule has 0 amide bonds. The number of pyridine rings is 1. The van der Waals surface area contributed by atoms with Crippen molar-refractivity contribution in [1.29, 1.82) is 0 Å². The highest BCUT2D eigenvalue weighted by molar-refractivity contribution is 5.95. The van der Waals surface area contributed by atoms with Crippen LogP contribution in [-0.2, 0) is 6.54 Å². The molecule has 1 fully saturated rings. The van der Waals surface area contributed by atoms with E-state index in [1.165, 1.54) is 12.1 Å². The molecule has 0 radical (unpaired) electrons. The highest BCUT2D eigenvalue weighted by atomic mass is 19.3. The summed E-state index contributed by atoms with van der Waals surface area (Å²) in [4.78, 5) is 15.4. The molecular weight excluding hydrogens is 442 g/mol. The number of hydrogen-bond acceptors (Lipinski definition) is 5. The SMILES string of the molecule is Cc1noc(C)c1-c1cnc2c(-c3ccc([N+](=O)[O-])cc3)cn(CC3CCC(F)(F)CC3)c2c1. The maximum atomic E-state index is 13.7. The van der Waals surface area contributed by atoms with Gasteiger partial charge in [0.1, 0.15) is 5.76 Å². The Morgan fingerprint density at radius 3 is 2.50 bits per heavy atom. The fourth-order valence-corrected chi connectivity index (χ4v) is 4.88. The Kier molecular flexibility index (Phi) is 5.42. The van der Waals surface area contributed by atoms with Crippen LogP contribution in [0.5, 0.6) is 0 Å². The summed E-state index contributed by atoms with van der Waals surface area (Å²) >= 11 is 0. The Morgan fingerprint density at radius 2 is 1.88 bits per heavy atom. The molecule has 5 rings (SSSR count). The van der Waals surface area contributed by atoms with E-state index >= 15 is 0 Å². The summed E-state index contributed by atoms with van der Waals surface area (Å²) in [6.45, 7) is 4.33. The maximum absolute atomic E-state index is 13.7. The Hall–Kier alpha value is -3.62. The second-order valence-electron chi connectivity index (χ2n) is 9.09. The third-order valence-electron chi connectivity index (χ3n) is 6.72. The van der Waals surface area contributed by atoms with Crippen LogP contribution in [-0.4, -0.2) is 25.6 Å². The molecule has 3 heterocycles. The first-order chi connectivity index (χ1) is 16.2. The lowest BCUT2D eigenvalue weighted by Gasteiger charge is -2.28. The number of nitro groups is 1. The average Bonchev–Trinajstić information content (AvgIpc) is 3.34.